The third-order valence-corrected chi connectivity index (χ3v) is 4.68. The number of ether oxygens (including phenoxy) is 1. The summed E-state index contributed by atoms with van der Waals surface area (Å²) in [6.45, 7) is 1.90. The van der Waals surface area contributed by atoms with Crippen LogP contribution in [0, 0.1) is 6.92 Å². The standard InChI is InChI=1S/C20H23NO5/c1-13-15(11-18(26-13)20(23)24)12-25-17-9-7-14(8-10-17)19(22)21-16-5-3-2-4-6-16/h7-11,16H,2-6,12H2,1H3,(H,21,22)(H,23,24). The maximum atomic E-state index is 12.3. The average Bonchev–Trinajstić information content (AvgIpc) is 3.02. The van der Waals surface area contributed by atoms with Crippen LogP contribution in [0.15, 0.2) is 34.7 Å². The van der Waals surface area contributed by atoms with Gasteiger partial charge >= 0.3 is 5.97 Å². The van der Waals surface area contributed by atoms with Crippen LogP contribution in [0.25, 0.3) is 0 Å². The molecule has 0 spiro atoms. The second kappa shape index (κ2) is 8.08. The number of hydrogen-bond donors (Lipinski definition) is 2. The molecule has 26 heavy (non-hydrogen) atoms. The van der Waals surface area contributed by atoms with Crippen molar-refractivity contribution < 1.29 is 23.8 Å². The van der Waals surface area contributed by atoms with Gasteiger partial charge in [-0.3, -0.25) is 4.79 Å². The Morgan fingerprint density at radius 2 is 1.88 bits per heavy atom. The number of carboxylic acids is 1. The number of furan rings is 1. The fourth-order valence-electron chi connectivity index (χ4n) is 3.15. The predicted molar refractivity (Wildman–Crippen MR) is 95.5 cm³/mol. The molecule has 1 aromatic heterocycles. The van der Waals surface area contributed by atoms with Crippen LogP contribution in [0.3, 0.4) is 0 Å². The van der Waals surface area contributed by atoms with Crippen molar-refractivity contribution in [3.63, 3.8) is 0 Å². The Hall–Kier alpha value is -2.76. The van der Waals surface area contributed by atoms with Crippen molar-refractivity contribution in [3.05, 3.63) is 53.0 Å². The van der Waals surface area contributed by atoms with Gasteiger partial charge in [-0.05, 0) is 50.1 Å². The summed E-state index contributed by atoms with van der Waals surface area (Å²) >= 11 is 0. The van der Waals surface area contributed by atoms with E-state index < -0.39 is 5.97 Å². The first-order valence-corrected chi connectivity index (χ1v) is 8.89. The Kier molecular flexibility index (Phi) is 5.61. The Labute approximate surface area is 152 Å². The van der Waals surface area contributed by atoms with E-state index in [1.54, 1.807) is 31.2 Å². The fourth-order valence-corrected chi connectivity index (χ4v) is 3.15. The van der Waals surface area contributed by atoms with Crippen LogP contribution < -0.4 is 10.1 Å². The SMILES string of the molecule is Cc1oc(C(=O)O)cc1COc1ccc(C(=O)NC2CCCCC2)cc1. The van der Waals surface area contributed by atoms with Crippen LogP contribution in [-0.2, 0) is 6.61 Å². The molecule has 0 unspecified atom stereocenters. The van der Waals surface area contributed by atoms with Crippen molar-refractivity contribution in [2.75, 3.05) is 0 Å². The quantitative estimate of drug-likeness (QED) is 0.818. The molecule has 0 bridgehead atoms. The number of amides is 1. The van der Waals surface area contributed by atoms with Gasteiger partial charge in [0.1, 0.15) is 18.1 Å². The van der Waals surface area contributed by atoms with Crippen LogP contribution in [-0.4, -0.2) is 23.0 Å². The smallest absolute Gasteiger partial charge is 0.371 e. The minimum atomic E-state index is -1.10. The molecule has 6 nitrogen and oxygen atoms in total. The molecule has 1 fully saturated rings. The Morgan fingerprint density at radius 3 is 2.50 bits per heavy atom. The normalized spacial score (nSPS) is 14.8. The third kappa shape index (κ3) is 4.45. The predicted octanol–water partition coefficient (Wildman–Crippen LogP) is 3.93. The molecule has 0 aliphatic heterocycles. The Balaban J connectivity index is 1.55. The van der Waals surface area contributed by atoms with Crippen LogP contribution in [0.2, 0.25) is 0 Å². The molecule has 1 amide bonds. The average molecular weight is 357 g/mol. The van der Waals surface area contributed by atoms with Crippen LogP contribution in [0.5, 0.6) is 5.75 Å². The summed E-state index contributed by atoms with van der Waals surface area (Å²) in [5, 5.41) is 12.0. The lowest BCUT2D eigenvalue weighted by Crippen LogP contribution is -2.36. The van der Waals surface area contributed by atoms with Gasteiger partial charge in [0.05, 0.1) is 0 Å². The highest BCUT2D eigenvalue weighted by Gasteiger charge is 2.17. The van der Waals surface area contributed by atoms with E-state index >= 15 is 0 Å². The Bertz CT molecular complexity index is 772. The van der Waals surface area contributed by atoms with Gasteiger partial charge in [-0.1, -0.05) is 19.3 Å². The molecular weight excluding hydrogens is 334 g/mol. The molecule has 1 aliphatic carbocycles. The van der Waals surface area contributed by atoms with Crippen molar-refractivity contribution in [1.82, 2.24) is 5.32 Å². The maximum absolute atomic E-state index is 12.3. The molecule has 0 saturated heterocycles. The molecule has 138 valence electrons. The van der Waals surface area contributed by atoms with E-state index in [1.807, 2.05) is 0 Å². The Morgan fingerprint density at radius 1 is 1.19 bits per heavy atom. The van der Waals surface area contributed by atoms with E-state index in [1.165, 1.54) is 25.3 Å². The molecule has 1 aromatic carbocycles. The fraction of sp³-hybridized carbons (Fsp3) is 0.400. The summed E-state index contributed by atoms with van der Waals surface area (Å²) in [7, 11) is 0. The number of aromatic carboxylic acids is 1. The highest BCUT2D eigenvalue weighted by atomic mass is 16.5. The molecule has 0 atom stereocenters. The summed E-state index contributed by atoms with van der Waals surface area (Å²) in [6, 6.07) is 8.69. The van der Waals surface area contributed by atoms with Gasteiger partial charge in [0.25, 0.3) is 5.91 Å². The monoisotopic (exact) mass is 357 g/mol. The summed E-state index contributed by atoms with van der Waals surface area (Å²) < 4.78 is 10.8. The van der Waals surface area contributed by atoms with Crippen LogP contribution in [0.4, 0.5) is 0 Å². The number of rotatable bonds is 6. The maximum Gasteiger partial charge on any atom is 0.371 e. The topological polar surface area (TPSA) is 88.8 Å². The van der Waals surface area contributed by atoms with Gasteiger partial charge in [0, 0.05) is 17.2 Å². The number of aryl methyl sites for hydroxylation is 1. The van der Waals surface area contributed by atoms with Gasteiger partial charge in [-0.2, -0.15) is 0 Å². The van der Waals surface area contributed by atoms with Gasteiger partial charge in [-0.25, -0.2) is 4.79 Å². The van der Waals surface area contributed by atoms with E-state index in [2.05, 4.69) is 5.32 Å². The molecule has 1 heterocycles. The van der Waals surface area contributed by atoms with E-state index in [4.69, 9.17) is 14.3 Å². The molecule has 1 saturated carbocycles. The van der Waals surface area contributed by atoms with Gasteiger partial charge in [0.2, 0.25) is 5.76 Å². The van der Waals surface area contributed by atoms with Crippen LogP contribution >= 0.6 is 0 Å². The molecule has 6 heteroatoms. The minimum absolute atomic E-state index is 0.0553. The first kappa shape index (κ1) is 18.0. The molecular formula is C20H23NO5. The van der Waals surface area contributed by atoms with Crippen molar-refractivity contribution in [1.29, 1.82) is 0 Å². The van der Waals surface area contributed by atoms with E-state index in [0.29, 0.717) is 22.6 Å². The number of carboxylic acid groups (broad SMARTS) is 1. The largest absolute Gasteiger partial charge is 0.489 e. The lowest BCUT2D eigenvalue weighted by molar-refractivity contribution is 0.0660. The van der Waals surface area contributed by atoms with E-state index in [-0.39, 0.29) is 24.3 Å². The highest BCUT2D eigenvalue weighted by Crippen LogP contribution is 2.20. The third-order valence-electron chi connectivity index (χ3n) is 4.68. The molecule has 2 N–H and O–H groups in total. The second-order valence-electron chi connectivity index (χ2n) is 6.62. The lowest BCUT2D eigenvalue weighted by atomic mass is 9.95. The summed E-state index contributed by atoms with van der Waals surface area (Å²) in [4.78, 5) is 23.2. The summed E-state index contributed by atoms with van der Waals surface area (Å²) in [6.07, 6.45) is 5.70. The number of nitrogens with one attached hydrogen (secondary N) is 1. The highest BCUT2D eigenvalue weighted by molar-refractivity contribution is 5.94. The second-order valence-corrected chi connectivity index (χ2v) is 6.62. The van der Waals surface area contributed by atoms with Gasteiger partial charge < -0.3 is 19.6 Å². The summed E-state index contributed by atoms with van der Waals surface area (Å²) in [5.74, 6) is -0.133. The zero-order valence-electron chi connectivity index (χ0n) is 14.8. The summed E-state index contributed by atoms with van der Waals surface area (Å²) in [5.41, 5.74) is 1.29. The first-order valence-electron chi connectivity index (χ1n) is 8.89. The molecule has 1 aliphatic rings. The molecule has 2 aromatic rings. The van der Waals surface area contributed by atoms with Crippen molar-refractivity contribution in [3.8, 4) is 5.75 Å². The molecule has 3 rings (SSSR count). The van der Waals surface area contributed by atoms with Gasteiger partial charge in [-0.15, -0.1) is 0 Å². The zero-order chi connectivity index (χ0) is 18.5. The van der Waals surface area contributed by atoms with Crippen molar-refractivity contribution in [2.24, 2.45) is 0 Å². The first-order chi connectivity index (χ1) is 12.5. The van der Waals surface area contributed by atoms with Crippen molar-refractivity contribution >= 4 is 11.9 Å². The van der Waals surface area contributed by atoms with E-state index in [9.17, 15) is 9.59 Å². The number of carbonyl (C=O) groups is 2. The number of benzene rings is 1. The number of hydrogen-bond acceptors (Lipinski definition) is 4. The van der Waals surface area contributed by atoms with Crippen LogP contribution in [0.1, 0.15) is 64.3 Å². The van der Waals surface area contributed by atoms with Gasteiger partial charge in [0.15, 0.2) is 0 Å². The minimum Gasteiger partial charge on any atom is -0.489 e. The molecule has 0 radical (unpaired) electrons. The van der Waals surface area contributed by atoms with Crippen molar-refractivity contribution in [2.45, 2.75) is 51.7 Å². The number of carbonyl (C=O) groups excluding carboxylic acids is 1. The van der Waals surface area contributed by atoms with E-state index in [0.717, 1.165) is 12.8 Å². The zero-order valence-corrected chi connectivity index (χ0v) is 14.8. The lowest BCUT2D eigenvalue weighted by Gasteiger charge is -2.22.